The smallest absolute Gasteiger partial charge is 0.456 e. The molecule has 21 heavy (non-hydrogen) atoms. The summed E-state index contributed by atoms with van der Waals surface area (Å²) in [6.07, 6.45) is 6.50. The maximum Gasteiger partial charge on any atom is 0.456 e. The Morgan fingerprint density at radius 2 is 1.67 bits per heavy atom. The molecular weight excluding hydrogens is 303 g/mol. The first-order valence-corrected chi connectivity index (χ1v) is 8.33. The monoisotopic (exact) mass is 323 g/mol. The topological polar surface area (TPSA) is 38.3 Å². The zero-order chi connectivity index (χ0) is 15.1. The molecule has 0 amide bonds. The molecule has 4 bridgehead atoms. The van der Waals surface area contributed by atoms with E-state index in [0.29, 0.717) is 17.8 Å². The number of carbonyl (C=O) groups is 1. The van der Waals surface area contributed by atoms with E-state index in [1.807, 2.05) is 0 Å². The molecule has 0 aliphatic heterocycles. The number of nitrogens with one attached hydrogen (secondary N) is 1. The van der Waals surface area contributed by atoms with Gasteiger partial charge in [0.15, 0.2) is 0 Å². The number of rotatable bonds is 5. The SMILES string of the molecule is O=C(OCCNSC(F)(F)F)C12CC3CC(CC(C3)C1)C2. The molecule has 0 radical (unpaired) electrons. The van der Waals surface area contributed by atoms with Crippen LogP contribution < -0.4 is 4.72 Å². The Morgan fingerprint density at radius 3 is 2.14 bits per heavy atom. The van der Waals surface area contributed by atoms with Crippen LogP contribution in [0.25, 0.3) is 0 Å². The van der Waals surface area contributed by atoms with Crippen molar-refractivity contribution in [1.82, 2.24) is 4.72 Å². The van der Waals surface area contributed by atoms with Crippen LogP contribution in [0.5, 0.6) is 0 Å². The minimum absolute atomic E-state index is 0.00363. The van der Waals surface area contributed by atoms with Crippen LogP contribution in [0.15, 0.2) is 0 Å². The fraction of sp³-hybridized carbons (Fsp3) is 0.929. The van der Waals surface area contributed by atoms with Crippen LogP contribution in [0.1, 0.15) is 38.5 Å². The van der Waals surface area contributed by atoms with E-state index in [2.05, 4.69) is 4.72 Å². The number of esters is 1. The van der Waals surface area contributed by atoms with Crippen molar-refractivity contribution in [2.24, 2.45) is 23.2 Å². The molecule has 4 saturated carbocycles. The van der Waals surface area contributed by atoms with Crippen molar-refractivity contribution in [2.45, 2.75) is 44.0 Å². The van der Waals surface area contributed by atoms with Crippen LogP contribution in [0.2, 0.25) is 0 Å². The van der Waals surface area contributed by atoms with E-state index >= 15 is 0 Å². The van der Waals surface area contributed by atoms with Crippen LogP contribution in [0.3, 0.4) is 0 Å². The largest absolute Gasteiger partial charge is 0.464 e. The third-order valence-corrected chi connectivity index (χ3v) is 5.68. The Morgan fingerprint density at radius 1 is 1.14 bits per heavy atom. The molecular formula is C14H20F3NO2S. The van der Waals surface area contributed by atoms with Gasteiger partial charge < -0.3 is 4.74 Å². The molecule has 0 unspecified atom stereocenters. The highest BCUT2D eigenvalue weighted by molar-refractivity contribution is 7.98. The molecule has 0 heterocycles. The van der Waals surface area contributed by atoms with Gasteiger partial charge in [-0.05, 0) is 56.3 Å². The number of alkyl halides is 3. The second-order valence-electron chi connectivity index (χ2n) is 6.78. The minimum Gasteiger partial charge on any atom is -0.464 e. The van der Waals surface area contributed by atoms with Crippen molar-refractivity contribution in [1.29, 1.82) is 0 Å². The van der Waals surface area contributed by atoms with E-state index in [4.69, 9.17) is 4.74 Å². The molecule has 120 valence electrons. The van der Waals surface area contributed by atoms with Gasteiger partial charge in [0, 0.05) is 18.5 Å². The zero-order valence-corrected chi connectivity index (χ0v) is 12.6. The average molecular weight is 323 g/mol. The van der Waals surface area contributed by atoms with Gasteiger partial charge in [-0.25, -0.2) is 0 Å². The van der Waals surface area contributed by atoms with Gasteiger partial charge in [0.2, 0.25) is 0 Å². The van der Waals surface area contributed by atoms with Crippen molar-refractivity contribution in [3.05, 3.63) is 0 Å². The van der Waals surface area contributed by atoms with Crippen LogP contribution >= 0.6 is 11.9 Å². The van der Waals surface area contributed by atoms with Gasteiger partial charge >= 0.3 is 11.5 Å². The van der Waals surface area contributed by atoms with Gasteiger partial charge in [-0.2, -0.15) is 13.2 Å². The normalized spacial score (nSPS) is 37.8. The predicted molar refractivity (Wildman–Crippen MR) is 73.2 cm³/mol. The zero-order valence-electron chi connectivity index (χ0n) is 11.7. The van der Waals surface area contributed by atoms with Crippen molar-refractivity contribution in [2.75, 3.05) is 13.2 Å². The van der Waals surface area contributed by atoms with Gasteiger partial charge in [-0.3, -0.25) is 9.52 Å². The Labute approximate surface area is 126 Å². The summed E-state index contributed by atoms with van der Waals surface area (Å²) < 4.78 is 43.2. The van der Waals surface area contributed by atoms with E-state index in [-0.39, 0.29) is 36.5 Å². The Bertz CT molecular complexity index is 378. The molecule has 4 rings (SSSR count). The molecule has 0 saturated heterocycles. The van der Waals surface area contributed by atoms with Crippen molar-refractivity contribution in [3.8, 4) is 0 Å². The summed E-state index contributed by atoms with van der Waals surface area (Å²) in [7, 11) is 0. The number of halogens is 3. The summed E-state index contributed by atoms with van der Waals surface area (Å²) in [6, 6.07) is 0. The molecule has 0 spiro atoms. The van der Waals surface area contributed by atoms with E-state index in [1.165, 1.54) is 19.3 Å². The number of carbonyl (C=O) groups excluding carboxylic acids is 1. The summed E-state index contributed by atoms with van der Waals surface area (Å²) in [5.41, 5.74) is -4.63. The Hall–Kier alpha value is -0.430. The fourth-order valence-electron chi connectivity index (χ4n) is 4.83. The van der Waals surface area contributed by atoms with Gasteiger partial charge in [0.1, 0.15) is 6.61 Å². The van der Waals surface area contributed by atoms with Crippen molar-refractivity contribution in [3.63, 3.8) is 0 Å². The first-order valence-electron chi connectivity index (χ1n) is 7.51. The van der Waals surface area contributed by atoms with E-state index < -0.39 is 5.51 Å². The molecule has 4 aliphatic carbocycles. The van der Waals surface area contributed by atoms with E-state index in [0.717, 1.165) is 19.3 Å². The summed E-state index contributed by atoms with van der Waals surface area (Å²) >= 11 is -0.297. The van der Waals surface area contributed by atoms with Crippen LogP contribution in [0, 0.1) is 23.2 Å². The van der Waals surface area contributed by atoms with Crippen LogP contribution in [-0.4, -0.2) is 24.6 Å². The lowest BCUT2D eigenvalue weighted by atomic mass is 9.49. The van der Waals surface area contributed by atoms with Crippen LogP contribution in [0.4, 0.5) is 13.2 Å². The second kappa shape index (κ2) is 5.65. The van der Waals surface area contributed by atoms with Crippen molar-refractivity contribution < 1.29 is 22.7 Å². The average Bonchev–Trinajstić information content (AvgIpc) is 2.35. The summed E-state index contributed by atoms with van der Waals surface area (Å²) in [5, 5.41) is 0. The fourth-order valence-corrected chi connectivity index (χ4v) is 5.18. The number of hydrogen-bond donors (Lipinski definition) is 1. The van der Waals surface area contributed by atoms with Gasteiger partial charge in [0.25, 0.3) is 0 Å². The second-order valence-corrected chi connectivity index (χ2v) is 7.73. The highest BCUT2D eigenvalue weighted by Gasteiger charge is 2.55. The molecule has 0 aromatic heterocycles. The number of hydrogen-bond acceptors (Lipinski definition) is 4. The summed E-state index contributed by atoms with van der Waals surface area (Å²) in [5.74, 6) is 1.79. The molecule has 0 aromatic rings. The first kappa shape index (κ1) is 15.5. The molecule has 4 fully saturated rings. The standard InChI is InChI=1S/C14H20F3NO2S/c15-14(16,17)21-18-1-2-20-12(19)13-6-9-3-10(7-13)5-11(4-9)8-13/h9-11,18H,1-8H2. The number of ether oxygens (including phenoxy) is 1. The minimum atomic E-state index is -4.30. The summed E-state index contributed by atoms with van der Waals surface area (Å²) in [4.78, 5) is 12.4. The quantitative estimate of drug-likeness (QED) is 0.477. The van der Waals surface area contributed by atoms with Crippen molar-refractivity contribution >= 4 is 17.9 Å². The van der Waals surface area contributed by atoms with Gasteiger partial charge in [-0.1, -0.05) is 0 Å². The third-order valence-electron chi connectivity index (χ3n) is 5.10. The maximum atomic E-state index is 12.4. The predicted octanol–water partition coefficient (Wildman–Crippen LogP) is 3.50. The van der Waals surface area contributed by atoms with E-state index in [9.17, 15) is 18.0 Å². The van der Waals surface area contributed by atoms with E-state index in [1.54, 1.807) is 0 Å². The van der Waals surface area contributed by atoms with Crippen LogP contribution in [-0.2, 0) is 9.53 Å². The van der Waals surface area contributed by atoms with Gasteiger partial charge in [0.05, 0.1) is 5.41 Å². The lowest BCUT2D eigenvalue weighted by molar-refractivity contribution is -0.171. The highest BCUT2D eigenvalue weighted by atomic mass is 32.2. The van der Waals surface area contributed by atoms with Gasteiger partial charge in [-0.15, -0.1) is 0 Å². The maximum absolute atomic E-state index is 12.4. The third kappa shape index (κ3) is 3.50. The molecule has 4 aliphatic rings. The lowest BCUT2D eigenvalue weighted by Crippen LogP contribution is -2.50. The molecule has 0 atom stereocenters. The Balaban J connectivity index is 1.45. The molecule has 7 heteroatoms. The molecule has 0 aromatic carbocycles. The highest BCUT2D eigenvalue weighted by Crippen LogP contribution is 2.60. The molecule has 3 nitrogen and oxygen atoms in total. The summed E-state index contributed by atoms with van der Waals surface area (Å²) in [6.45, 7) is 0.0198. The Kier molecular flexibility index (Phi) is 4.16. The first-order chi connectivity index (χ1) is 9.86. The molecule has 1 N–H and O–H groups in total. The lowest BCUT2D eigenvalue weighted by Gasteiger charge is -2.55.